The van der Waals surface area contributed by atoms with E-state index in [-0.39, 0.29) is 23.0 Å². The van der Waals surface area contributed by atoms with Gasteiger partial charge in [0.2, 0.25) is 5.91 Å². The van der Waals surface area contributed by atoms with E-state index in [1.165, 1.54) is 21.3 Å². The number of hydrogen-bond acceptors (Lipinski definition) is 5. The molecule has 4 rings (SSSR count). The van der Waals surface area contributed by atoms with Crippen molar-refractivity contribution in [1.82, 2.24) is 14.0 Å². The predicted molar refractivity (Wildman–Crippen MR) is 131 cm³/mol. The first-order valence-corrected chi connectivity index (χ1v) is 12.9. The van der Waals surface area contributed by atoms with Gasteiger partial charge >= 0.3 is 5.69 Å². The van der Waals surface area contributed by atoms with Crippen LogP contribution in [0.25, 0.3) is 11.0 Å². The molecule has 2 aromatic carbocycles. The number of hydrogen-bond donors (Lipinski definition) is 0. The van der Waals surface area contributed by atoms with E-state index >= 15 is 0 Å². The van der Waals surface area contributed by atoms with Gasteiger partial charge in [0.05, 0.1) is 28.2 Å². The third kappa shape index (κ3) is 4.42. The van der Waals surface area contributed by atoms with Crippen molar-refractivity contribution in [2.24, 2.45) is 14.1 Å². The van der Waals surface area contributed by atoms with Crippen LogP contribution in [0.5, 0.6) is 5.75 Å². The van der Waals surface area contributed by atoms with Gasteiger partial charge in [0.15, 0.2) is 0 Å². The second-order valence-electron chi connectivity index (χ2n) is 8.43. The Morgan fingerprint density at radius 1 is 0.971 bits per heavy atom. The number of anilines is 1. The minimum atomic E-state index is -4.10. The van der Waals surface area contributed by atoms with Crippen LogP contribution in [0.4, 0.5) is 5.69 Å². The van der Waals surface area contributed by atoms with Crippen molar-refractivity contribution in [2.75, 3.05) is 30.5 Å². The summed E-state index contributed by atoms with van der Waals surface area (Å²) in [7, 11) is -0.861. The highest BCUT2D eigenvalue weighted by Gasteiger charge is 2.30. The number of nitrogens with zero attached hydrogens (tertiary/aromatic N) is 4. The van der Waals surface area contributed by atoms with Crippen molar-refractivity contribution in [3.8, 4) is 5.75 Å². The van der Waals surface area contributed by atoms with Gasteiger partial charge in [-0.2, -0.15) is 0 Å². The van der Waals surface area contributed by atoms with E-state index in [1.54, 1.807) is 49.3 Å². The molecule has 10 heteroatoms. The summed E-state index contributed by atoms with van der Waals surface area (Å²) in [6, 6.07) is 11.2. The second-order valence-corrected chi connectivity index (χ2v) is 10.3. The van der Waals surface area contributed by atoms with Gasteiger partial charge in [-0.25, -0.2) is 13.2 Å². The maximum Gasteiger partial charge on any atom is 0.328 e. The SMILES string of the molecule is CCOc1ccc(N(CC(=O)N2CCCCC2)S(=O)(=O)c2ccc3c(c2)n(C)c(=O)n3C)cc1. The number of ether oxygens (including phenoxy) is 1. The number of aryl methyl sites for hydroxylation is 2. The van der Waals surface area contributed by atoms with E-state index in [0.29, 0.717) is 42.2 Å². The van der Waals surface area contributed by atoms with Gasteiger partial charge < -0.3 is 9.64 Å². The normalized spacial score (nSPS) is 14.4. The summed E-state index contributed by atoms with van der Waals surface area (Å²) in [6.07, 6.45) is 2.90. The van der Waals surface area contributed by atoms with Crippen molar-refractivity contribution in [3.05, 3.63) is 52.9 Å². The smallest absolute Gasteiger partial charge is 0.328 e. The molecule has 182 valence electrons. The molecule has 1 saturated heterocycles. The van der Waals surface area contributed by atoms with E-state index < -0.39 is 10.0 Å². The lowest BCUT2D eigenvalue weighted by molar-refractivity contribution is -0.130. The van der Waals surface area contributed by atoms with E-state index in [2.05, 4.69) is 0 Å². The molecule has 1 aliphatic rings. The number of fused-ring (bicyclic) bond motifs is 1. The summed E-state index contributed by atoms with van der Waals surface area (Å²) < 4.78 is 37.2. The zero-order chi connectivity index (χ0) is 24.5. The fourth-order valence-corrected chi connectivity index (χ4v) is 5.77. The van der Waals surface area contributed by atoms with Crippen molar-refractivity contribution in [2.45, 2.75) is 31.1 Å². The minimum absolute atomic E-state index is 0.0153. The van der Waals surface area contributed by atoms with E-state index in [4.69, 9.17) is 4.74 Å². The molecule has 0 bridgehead atoms. The number of aromatic nitrogens is 2. The average molecular weight is 487 g/mol. The van der Waals surface area contributed by atoms with Crippen LogP contribution < -0.4 is 14.7 Å². The summed E-state index contributed by atoms with van der Waals surface area (Å²) in [4.78, 5) is 27.1. The highest BCUT2D eigenvalue weighted by molar-refractivity contribution is 7.92. The number of benzene rings is 2. The molecular weight excluding hydrogens is 456 g/mol. The van der Waals surface area contributed by atoms with E-state index in [0.717, 1.165) is 23.6 Å². The summed E-state index contributed by atoms with van der Waals surface area (Å²) in [5.74, 6) is 0.386. The molecule has 1 fully saturated rings. The average Bonchev–Trinajstić information content (AvgIpc) is 3.07. The van der Waals surface area contributed by atoms with Crippen molar-refractivity contribution < 1.29 is 17.9 Å². The van der Waals surface area contributed by atoms with Crippen LogP contribution in [0.2, 0.25) is 0 Å². The van der Waals surface area contributed by atoms with Gasteiger partial charge in [-0.1, -0.05) is 0 Å². The van der Waals surface area contributed by atoms with Crippen molar-refractivity contribution in [1.29, 1.82) is 0 Å². The number of amides is 1. The third-order valence-corrected chi connectivity index (χ3v) is 8.02. The first kappa shape index (κ1) is 23.9. The number of rotatable bonds is 7. The van der Waals surface area contributed by atoms with Crippen LogP contribution in [-0.4, -0.2) is 54.6 Å². The number of likely N-dealkylation sites (tertiary alicyclic amines) is 1. The molecule has 0 spiro atoms. The molecular formula is C24H30N4O5S. The van der Waals surface area contributed by atoms with E-state index in [1.807, 2.05) is 6.92 Å². The predicted octanol–water partition coefficient (Wildman–Crippen LogP) is 2.48. The largest absolute Gasteiger partial charge is 0.494 e. The second kappa shape index (κ2) is 9.54. The Morgan fingerprint density at radius 2 is 1.62 bits per heavy atom. The van der Waals surface area contributed by atoms with Gasteiger partial charge in [0, 0.05) is 27.2 Å². The highest BCUT2D eigenvalue weighted by Crippen LogP contribution is 2.28. The molecule has 1 aromatic heterocycles. The molecule has 0 N–H and O–H groups in total. The van der Waals surface area contributed by atoms with Crippen LogP contribution >= 0.6 is 0 Å². The van der Waals surface area contributed by atoms with Gasteiger partial charge in [-0.3, -0.25) is 18.2 Å². The summed E-state index contributed by atoms with van der Waals surface area (Å²) in [6.45, 7) is 3.32. The third-order valence-electron chi connectivity index (χ3n) is 6.25. The van der Waals surface area contributed by atoms with Crippen LogP contribution in [0.3, 0.4) is 0 Å². The van der Waals surface area contributed by atoms with Crippen LogP contribution in [0, 0.1) is 0 Å². The Bertz CT molecular complexity index is 1350. The molecule has 2 heterocycles. The van der Waals surface area contributed by atoms with Crippen molar-refractivity contribution in [3.63, 3.8) is 0 Å². The number of sulfonamides is 1. The van der Waals surface area contributed by atoms with Gasteiger partial charge in [-0.05, 0) is 68.7 Å². The molecule has 1 amide bonds. The zero-order valence-corrected chi connectivity index (χ0v) is 20.5. The molecule has 0 aliphatic carbocycles. The zero-order valence-electron chi connectivity index (χ0n) is 19.7. The van der Waals surface area contributed by atoms with Crippen LogP contribution in [-0.2, 0) is 28.9 Å². The minimum Gasteiger partial charge on any atom is -0.494 e. The summed E-state index contributed by atoms with van der Waals surface area (Å²) >= 11 is 0. The lowest BCUT2D eigenvalue weighted by Gasteiger charge is -2.30. The lowest BCUT2D eigenvalue weighted by atomic mass is 10.1. The number of piperidine rings is 1. The summed E-state index contributed by atoms with van der Waals surface area (Å²) in [5.41, 5.74) is 1.26. The number of imidazole rings is 1. The molecule has 0 atom stereocenters. The Hall–Kier alpha value is -3.27. The maximum atomic E-state index is 13.8. The quantitative estimate of drug-likeness (QED) is 0.512. The standard InChI is InChI=1S/C24H30N4O5S/c1-4-33-19-10-8-18(9-11-19)28(17-23(29)27-14-6-5-7-15-27)34(31,32)20-12-13-21-22(16-20)26(3)24(30)25(21)2/h8-13,16H,4-7,14-15,17H2,1-3H3. The fourth-order valence-electron chi connectivity index (χ4n) is 4.33. The summed E-state index contributed by atoms with van der Waals surface area (Å²) in [5, 5.41) is 0. The molecule has 1 aliphatic heterocycles. The molecule has 3 aromatic rings. The van der Waals surface area contributed by atoms with Gasteiger partial charge in [-0.15, -0.1) is 0 Å². The Labute approximate surface area is 199 Å². The molecule has 34 heavy (non-hydrogen) atoms. The van der Waals surface area contributed by atoms with Crippen molar-refractivity contribution >= 4 is 32.7 Å². The maximum absolute atomic E-state index is 13.8. The van der Waals surface area contributed by atoms with Crippen LogP contribution in [0.1, 0.15) is 26.2 Å². The molecule has 0 saturated carbocycles. The van der Waals surface area contributed by atoms with E-state index in [9.17, 15) is 18.0 Å². The van der Waals surface area contributed by atoms with Gasteiger partial charge in [0.25, 0.3) is 10.0 Å². The lowest BCUT2D eigenvalue weighted by Crippen LogP contribution is -2.44. The topological polar surface area (TPSA) is 93.8 Å². The van der Waals surface area contributed by atoms with Crippen LogP contribution in [0.15, 0.2) is 52.2 Å². The number of carbonyl (C=O) groups is 1. The Balaban J connectivity index is 1.76. The molecule has 9 nitrogen and oxygen atoms in total. The molecule has 0 unspecified atom stereocenters. The Morgan fingerprint density at radius 3 is 2.26 bits per heavy atom. The highest BCUT2D eigenvalue weighted by atomic mass is 32.2. The first-order chi connectivity index (χ1) is 16.2. The van der Waals surface area contributed by atoms with Gasteiger partial charge in [0.1, 0.15) is 12.3 Å². The fraction of sp³-hybridized carbons (Fsp3) is 0.417. The first-order valence-electron chi connectivity index (χ1n) is 11.4. The Kier molecular flexibility index (Phi) is 6.70. The molecule has 0 radical (unpaired) electrons. The monoisotopic (exact) mass is 486 g/mol. The number of carbonyl (C=O) groups excluding carboxylic acids is 1.